The second-order valence-electron chi connectivity index (χ2n) is 7.19. The van der Waals surface area contributed by atoms with E-state index in [0.29, 0.717) is 28.5 Å². The number of hydrogen-bond acceptors (Lipinski definition) is 7. The molecule has 0 aliphatic carbocycles. The van der Waals surface area contributed by atoms with Gasteiger partial charge in [-0.2, -0.15) is 4.98 Å². The van der Waals surface area contributed by atoms with Crippen molar-refractivity contribution < 1.29 is 13.5 Å². The molecule has 0 fully saturated rings. The fourth-order valence-electron chi connectivity index (χ4n) is 3.50. The third-order valence-corrected chi connectivity index (χ3v) is 4.99. The van der Waals surface area contributed by atoms with E-state index in [-0.39, 0.29) is 17.5 Å². The molecule has 160 valence electrons. The van der Waals surface area contributed by atoms with Gasteiger partial charge in [0.05, 0.1) is 5.69 Å². The highest BCUT2D eigenvalue weighted by Gasteiger charge is 2.18. The number of pyridine rings is 1. The van der Waals surface area contributed by atoms with Crippen molar-refractivity contribution in [1.82, 2.24) is 15.0 Å². The van der Waals surface area contributed by atoms with Gasteiger partial charge < -0.3 is 21.1 Å². The molecule has 0 amide bonds. The maximum atomic E-state index is 14.8. The van der Waals surface area contributed by atoms with Gasteiger partial charge in [0.25, 0.3) is 0 Å². The summed E-state index contributed by atoms with van der Waals surface area (Å²) in [6.07, 6.45) is 2.39. The maximum Gasteiger partial charge on any atom is 0.222 e. The summed E-state index contributed by atoms with van der Waals surface area (Å²) in [6, 6.07) is 13.8. The van der Waals surface area contributed by atoms with Gasteiger partial charge in [0, 0.05) is 41.7 Å². The Kier molecular flexibility index (Phi) is 4.98. The summed E-state index contributed by atoms with van der Waals surface area (Å²) < 4.78 is 33.8. The quantitative estimate of drug-likeness (QED) is 0.412. The Bertz CT molecular complexity index is 1300. The second kappa shape index (κ2) is 8.10. The van der Waals surface area contributed by atoms with Crippen LogP contribution in [0.2, 0.25) is 0 Å². The van der Waals surface area contributed by atoms with Gasteiger partial charge in [-0.15, -0.1) is 0 Å². The summed E-state index contributed by atoms with van der Waals surface area (Å²) in [4.78, 5) is 12.6. The van der Waals surface area contributed by atoms with E-state index in [1.807, 2.05) is 0 Å². The molecule has 2 aromatic carbocycles. The first-order valence-electron chi connectivity index (χ1n) is 9.92. The van der Waals surface area contributed by atoms with E-state index in [4.69, 9.17) is 10.5 Å². The van der Waals surface area contributed by atoms with Crippen LogP contribution >= 0.6 is 0 Å². The minimum absolute atomic E-state index is 0.0369. The number of fused-ring (bicyclic) bond motifs is 1. The average molecular weight is 432 g/mol. The Morgan fingerprint density at radius 1 is 0.969 bits per heavy atom. The van der Waals surface area contributed by atoms with Crippen LogP contribution in [0.1, 0.15) is 5.56 Å². The van der Waals surface area contributed by atoms with Crippen molar-refractivity contribution >= 4 is 23.3 Å². The van der Waals surface area contributed by atoms with Crippen molar-refractivity contribution in [2.75, 3.05) is 22.9 Å². The molecule has 1 aliphatic heterocycles. The number of nitrogens with zero attached hydrogens (tertiary/aromatic N) is 3. The number of hydrogen-bond donors (Lipinski definition) is 3. The van der Waals surface area contributed by atoms with Crippen LogP contribution in [-0.4, -0.2) is 21.5 Å². The third kappa shape index (κ3) is 4.00. The highest BCUT2D eigenvalue weighted by molar-refractivity contribution is 5.67. The van der Waals surface area contributed by atoms with Gasteiger partial charge in [-0.05, 0) is 48.9 Å². The predicted molar refractivity (Wildman–Crippen MR) is 118 cm³/mol. The van der Waals surface area contributed by atoms with Gasteiger partial charge in [-0.25, -0.2) is 18.7 Å². The van der Waals surface area contributed by atoms with Crippen molar-refractivity contribution in [3.05, 3.63) is 78.0 Å². The van der Waals surface area contributed by atoms with E-state index in [0.717, 1.165) is 24.3 Å². The number of nitrogens with two attached hydrogens (primary N) is 1. The Morgan fingerprint density at radius 3 is 2.62 bits per heavy atom. The lowest BCUT2D eigenvalue weighted by molar-refractivity contribution is 0.439. The first-order chi connectivity index (χ1) is 15.5. The number of halogens is 2. The summed E-state index contributed by atoms with van der Waals surface area (Å²) >= 11 is 0. The Morgan fingerprint density at radius 2 is 1.81 bits per heavy atom. The molecule has 32 heavy (non-hydrogen) atoms. The van der Waals surface area contributed by atoms with Crippen LogP contribution in [0, 0.1) is 11.6 Å². The van der Waals surface area contributed by atoms with Crippen molar-refractivity contribution in [3.8, 4) is 22.8 Å². The standard InChI is InChI=1S/C23H18F2N6O/c24-14-3-1-13(2-4-14)18-12-21(31-23(26)30-18)29-15-5-6-20(17(25)11-15)32-19-8-10-28-22-16(19)7-9-27-22/h1-6,8,10-12H,7,9H2,(H,27,28)(H3,26,29,30,31). The highest BCUT2D eigenvalue weighted by Crippen LogP contribution is 2.34. The number of anilines is 4. The lowest BCUT2D eigenvalue weighted by Gasteiger charge is -2.12. The zero-order valence-corrected chi connectivity index (χ0v) is 16.8. The molecule has 0 unspecified atom stereocenters. The van der Waals surface area contributed by atoms with Gasteiger partial charge in [0.2, 0.25) is 5.95 Å². The van der Waals surface area contributed by atoms with E-state index >= 15 is 0 Å². The van der Waals surface area contributed by atoms with Crippen LogP contribution in [-0.2, 0) is 6.42 Å². The SMILES string of the molecule is Nc1nc(Nc2ccc(Oc3ccnc4c3CCN4)c(F)c2)cc(-c2ccc(F)cc2)n1. The molecule has 7 nitrogen and oxygen atoms in total. The molecule has 4 N–H and O–H groups in total. The number of ether oxygens (including phenoxy) is 1. The lowest BCUT2D eigenvalue weighted by atomic mass is 10.1. The highest BCUT2D eigenvalue weighted by atomic mass is 19.1. The zero-order valence-electron chi connectivity index (χ0n) is 16.8. The van der Waals surface area contributed by atoms with Crippen molar-refractivity contribution in [2.24, 2.45) is 0 Å². The molecule has 4 aromatic rings. The van der Waals surface area contributed by atoms with Gasteiger partial charge in [0.15, 0.2) is 11.6 Å². The normalized spacial score (nSPS) is 12.2. The van der Waals surface area contributed by atoms with Crippen LogP contribution in [0.3, 0.4) is 0 Å². The van der Waals surface area contributed by atoms with E-state index in [1.165, 1.54) is 24.3 Å². The molecule has 3 heterocycles. The van der Waals surface area contributed by atoms with E-state index in [2.05, 4.69) is 25.6 Å². The first-order valence-corrected chi connectivity index (χ1v) is 9.92. The van der Waals surface area contributed by atoms with Gasteiger partial charge in [-0.1, -0.05) is 0 Å². The van der Waals surface area contributed by atoms with Crippen LogP contribution in [0.5, 0.6) is 11.5 Å². The number of rotatable bonds is 5. The minimum atomic E-state index is -0.535. The van der Waals surface area contributed by atoms with Crippen LogP contribution in [0.15, 0.2) is 60.8 Å². The van der Waals surface area contributed by atoms with Crippen molar-refractivity contribution in [3.63, 3.8) is 0 Å². The molecule has 0 atom stereocenters. The molecule has 5 rings (SSSR count). The molecule has 0 radical (unpaired) electrons. The third-order valence-electron chi connectivity index (χ3n) is 4.99. The summed E-state index contributed by atoms with van der Waals surface area (Å²) in [7, 11) is 0. The number of nitrogen functional groups attached to an aromatic ring is 1. The molecule has 0 bridgehead atoms. The molecular formula is C23H18F2N6O. The summed E-state index contributed by atoms with van der Waals surface area (Å²) in [5.41, 5.74) is 8.40. The van der Waals surface area contributed by atoms with Gasteiger partial charge in [-0.3, -0.25) is 0 Å². The van der Waals surface area contributed by atoms with Gasteiger partial charge >= 0.3 is 0 Å². The maximum absolute atomic E-state index is 14.8. The monoisotopic (exact) mass is 432 g/mol. The summed E-state index contributed by atoms with van der Waals surface area (Å²) in [6.45, 7) is 0.774. The van der Waals surface area contributed by atoms with E-state index in [9.17, 15) is 8.78 Å². The molecule has 0 saturated carbocycles. The Balaban J connectivity index is 1.37. The second-order valence-corrected chi connectivity index (χ2v) is 7.19. The minimum Gasteiger partial charge on any atom is -0.454 e. The average Bonchev–Trinajstić information content (AvgIpc) is 3.26. The number of benzene rings is 2. The van der Waals surface area contributed by atoms with E-state index in [1.54, 1.807) is 36.5 Å². The smallest absolute Gasteiger partial charge is 0.222 e. The number of aromatic nitrogens is 3. The molecule has 1 aliphatic rings. The largest absolute Gasteiger partial charge is 0.454 e. The molecule has 9 heteroatoms. The number of nitrogens with one attached hydrogen (secondary N) is 2. The lowest BCUT2D eigenvalue weighted by Crippen LogP contribution is -2.02. The topological polar surface area (TPSA) is 98.0 Å². The van der Waals surface area contributed by atoms with Crippen LogP contribution in [0.25, 0.3) is 11.3 Å². The predicted octanol–water partition coefficient (Wildman–Crippen LogP) is 4.90. The van der Waals surface area contributed by atoms with Crippen LogP contribution < -0.4 is 21.1 Å². The molecule has 0 saturated heterocycles. The first kappa shape index (κ1) is 19.7. The van der Waals surface area contributed by atoms with Crippen molar-refractivity contribution in [2.45, 2.75) is 6.42 Å². The fraction of sp³-hybridized carbons (Fsp3) is 0.0870. The van der Waals surface area contributed by atoms with Crippen LogP contribution in [0.4, 0.5) is 32.1 Å². The molecule has 0 spiro atoms. The Labute approximate surface area is 182 Å². The molecule has 2 aromatic heterocycles. The van der Waals surface area contributed by atoms with Gasteiger partial charge in [0.1, 0.15) is 23.2 Å². The fourth-order valence-corrected chi connectivity index (χ4v) is 3.50. The Hall–Kier alpha value is -4.27. The van der Waals surface area contributed by atoms with Crippen molar-refractivity contribution in [1.29, 1.82) is 0 Å². The van der Waals surface area contributed by atoms with E-state index < -0.39 is 5.82 Å². The molecular weight excluding hydrogens is 414 g/mol. The zero-order chi connectivity index (χ0) is 22.1. The summed E-state index contributed by atoms with van der Waals surface area (Å²) in [5.74, 6) is 0.974. The summed E-state index contributed by atoms with van der Waals surface area (Å²) in [5, 5.41) is 6.18.